The minimum absolute atomic E-state index is 0.0142. The summed E-state index contributed by atoms with van der Waals surface area (Å²) < 4.78 is 44.7. The van der Waals surface area contributed by atoms with E-state index in [2.05, 4.69) is 67.5 Å². The summed E-state index contributed by atoms with van der Waals surface area (Å²) in [5.74, 6) is 0. The number of para-hydroxylation sites is 1. The number of benzene rings is 2. The number of fused-ring (bicyclic) bond motifs is 8. The van der Waals surface area contributed by atoms with Crippen LogP contribution in [0.25, 0.3) is 0 Å². The molecule has 2 atom stereocenters. The van der Waals surface area contributed by atoms with Crippen molar-refractivity contribution in [3.05, 3.63) is 76.5 Å². The van der Waals surface area contributed by atoms with Crippen LogP contribution in [-0.2, 0) is 25.7 Å². The second-order valence-corrected chi connectivity index (χ2v) is 13.0. The van der Waals surface area contributed by atoms with Gasteiger partial charge in [0.25, 0.3) is 0 Å². The number of nitrogens with zero attached hydrogens (tertiary/aromatic N) is 2. The molecule has 5 aliphatic heterocycles. The summed E-state index contributed by atoms with van der Waals surface area (Å²) in [7, 11) is -4.53. The number of ether oxygens (including phenoxy) is 1. The summed E-state index contributed by atoms with van der Waals surface area (Å²) in [6, 6.07) is 13.5. The molecule has 0 aromatic heterocycles. The summed E-state index contributed by atoms with van der Waals surface area (Å²) in [5, 5.41) is 0. The van der Waals surface area contributed by atoms with E-state index in [1.807, 2.05) is 0 Å². The number of hydrogen-bond donors (Lipinski definition) is 0. The van der Waals surface area contributed by atoms with Crippen molar-refractivity contribution in [1.29, 1.82) is 0 Å². The topological polar surface area (TPSA) is 72.7 Å². The Balaban J connectivity index is 1.43. The average molecular weight is 503 g/mol. The molecule has 2 unspecified atom stereocenters. The van der Waals surface area contributed by atoms with Crippen molar-refractivity contribution in [1.82, 2.24) is 0 Å². The molecule has 2 aromatic carbocycles. The first kappa shape index (κ1) is 22.5. The van der Waals surface area contributed by atoms with Crippen LogP contribution >= 0.6 is 0 Å². The highest BCUT2D eigenvalue weighted by atomic mass is 32.2. The van der Waals surface area contributed by atoms with Gasteiger partial charge in [-0.25, -0.2) is 8.42 Å². The van der Waals surface area contributed by atoms with E-state index in [4.69, 9.17) is 4.74 Å². The number of hydrogen-bond acceptors (Lipinski definition) is 5. The number of anilines is 1. The van der Waals surface area contributed by atoms with Gasteiger partial charge in [-0.1, -0.05) is 32.0 Å². The Morgan fingerprint density at radius 2 is 1.78 bits per heavy atom. The van der Waals surface area contributed by atoms with E-state index in [1.165, 1.54) is 34.2 Å². The molecule has 186 valence electrons. The zero-order valence-electron chi connectivity index (χ0n) is 21.0. The fourth-order valence-electron chi connectivity index (χ4n) is 7.39. The molecular weight excluding hydrogens is 472 g/mol. The van der Waals surface area contributed by atoms with Crippen molar-refractivity contribution in [2.24, 2.45) is 0 Å². The molecule has 0 bridgehead atoms. The number of allylic oxidation sites excluding steroid dienone is 1. The van der Waals surface area contributed by atoms with Gasteiger partial charge in [0.15, 0.2) is 12.3 Å². The minimum atomic E-state index is -4.53. The van der Waals surface area contributed by atoms with Gasteiger partial charge < -0.3 is 14.2 Å². The molecule has 5 heterocycles. The molecule has 7 heteroatoms. The summed E-state index contributed by atoms with van der Waals surface area (Å²) in [5.41, 5.74) is 8.87. The van der Waals surface area contributed by atoms with Crippen LogP contribution in [0.2, 0.25) is 0 Å². The van der Waals surface area contributed by atoms with Gasteiger partial charge in [0, 0.05) is 52.5 Å². The van der Waals surface area contributed by atoms with E-state index < -0.39 is 15.5 Å². The molecule has 36 heavy (non-hydrogen) atoms. The fourth-order valence-corrected chi connectivity index (χ4v) is 7.89. The van der Waals surface area contributed by atoms with Crippen LogP contribution in [0.1, 0.15) is 51.7 Å². The predicted molar refractivity (Wildman–Crippen MR) is 137 cm³/mol. The summed E-state index contributed by atoms with van der Waals surface area (Å²) in [6.45, 7) is 10.6. The Hall–Kier alpha value is -2.74. The van der Waals surface area contributed by atoms with E-state index in [-0.39, 0.29) is 22.5 Å². The van der Waals surface area contributed by atoms with Crippen LogP contribution in [0.3, 0.4) is 0 Å². The lowest BCUT2D eigenvalue weighted by molar-refractivity contribution is -0.445. The molecule has 0 amide bonds. The third-order valence-corrected chi connectivity index (χ3v) is 9.75. The molecule has 0 spiro atoms. The maximum Gasteiger partial charge on any atom is 0.209 e. The van der Waals surface area contributed by atoms with Crippen LogP contribution in [0.4, 0.5) is 11.4 Å². The van der Waals surface area contributed by atoms with Crippen LogP contribution in [0.5, 0.6) is 0 Å². The molecule has 2 aromatic rings. The number of rotatable bonds is 1. The fraction of sp³-hybridized carbons (Fsp3) is 0.414. The van der Waals surface area contributed by atoms with E-state index in [0.29, 0.717) is 0 Å². The van der Waals surface area contributed by atoms with Crippen molar-refractivity contribution in [3.63, 3.8) is 0 Å². The third kappa shape index (κ3) is 2.79. The second-order valence-electron chi connectivity index (χ2n) is 11.6. The van der Waals surface area contributed by atoms with Crippen LogP contribution in [-0.4, -0.2) is 48.6 Å². The van der Waals surface area contributed by atoms with Crippen molar-refractivity contribution < 1.29 is 22.3 Å². The first-order valence-electron chi connectivity index (χ1n) is 12.7. The molecule has 5 aliphatic rings. The predicted octanol–water partition coefficient (Wildman–Crippen LogP) is 4.52. The molecule has 0 saturated carbocycles. The lowest BCUT2D eigenvalue weighted by Crippen LogP contribution is -2.47. The maximum atomic E-state index is 11.8. The van der Waals surface area contributed by atoms with E-state index in [9.17, 15) is 13.0 Å². The lowest BCUT2D eigenvalue weighted by atomic mass is 9.74. The first-order valence-corrected chi connectivity index (χ1v) is 14.1. The van der Waals surface area contributed by atoms with E-state index in [0.717, 1.165) is 42.9 Å². The Morgan fingerprint density at radius 1 is 1.00 bits per heavy atom. The Kier molecular flexibility index (Phi) is 4.35. The second kappa shape index (κ2) is 6.97. The van der Waals surface area contributed by atoms with Gasteiger partial charge in [-0.05, 0) is 50.1 Å². The zero-order chi connectivity index (χ0) is 25.2. The highest BCUT2D eigenvalue weighted by Crippen LogP contribution is 2.54. The quantitative estimate of drug-likeness (QED) is 0.424. The highest BCUT2D eigenvalue weighted by Gasteiger charge is 2.54. The minimum Gasteiger partial charge on any atom is -0.744 e. The van der Waals surface area contributed by atoms with Gasteiger partial charge in [-0.3, -0.25) is 0 Å². The largest absolute Gasteiger partial charge is 0.744 e. The molecule has 7 rings (SSSR count). The average Bonchev–Trinajstić information content (AvgIpc) is 3.22. The van der Waals surface area contributed by atoms with Crippen molar-refractivity contribution >= 4 is 27.2 Å². The molecule has 0 saturated heterocycles. The van der Waals surface area contributed by atoms with Gasteiger partial charge in [-0.2, -0.15) is 4.58 Å². The summed E-state index contributed by atoms with van der Waals surface area (Å²) >= 11 is 0. The van der Waals surface area contributed by atoms with Crippen molar-refractivity contribution in [2.45, 2.75) is 68.5 Å². The van der Waals surface area contributed by atoms with Crippen LogP contribution in [0.15, 0.2) is 70.3 Å². The monoisotopic (exact) mass is 502 g/mol. The Morgan fingerprint density at radius 3 is 2.56 bits per heavy atom. The summed E-state index contributed by atoms with van der Waals surface area (Å²) in [4.78, 5) is 2.14. The lowest BCUT2D eigenvalue weighted by Gasteiger charge is -2.42. The standard InChI is InChI=1S/C29H30N2O4S/c1-28(2)20-7-5-6-8-22(20)30-13-11-24-18(26(28)30)16-19-25(35-24)12-14-31-23-10-9-17(36(32,33)34)15-21(23)29(3,4)27(19)31/h5-10,15-16,24-25H,11-14H2,1-4H3. The van der Waals surface area contributed by atoms with Crippen LogP contribution < -0.4 is 4.90 Å². The molecular formula is C29H30N2O4S. The smallest absolute Gasteiger partial charge is 0.209 e. The summed E-state index contributed by atoms with van der Waals surface area (Å²) in [6.07, 6.45) is 4.31. The zero-order valence-corrected chi connectivity index (χ0v) is 21.9. The SMILES string of the molecule is CC1(C)C2=C3C=C4C5=[N+](CCC4OC3CCN2c2ccc(S(=O)(=O)[O-])cc21)c1ccccc1C5(C)C. The molecule has 0 fully saturated rings. The van der Waals surface area contributed by atoms with Gasteiger partial charge in [0.05, 0.1) is 22.5 Å². The van der Waals surface area contributed by atoms with E-state index >= 15 is 0 Å². The molecule has 0 aliphatic carbocycles. The van der Waals surface area contributed by atoms with Gasteiger partial charge >= 0.3 is 0 Å². The third-order valence-electron chi connectivity index (χ3n) is 8.92. The van der Waals surface area contributed by atoms with Crippen molar-refractivity contribution in [2.75, 3.05) is 18.0 Å². The highest BCUT2D eigenvalue weighted by molar-refractivity contribution is 7.85. The normalized spacial score (nSPS) is 27.0. The van der Waals surface area contributed by atoms with Gasteiger partial charge in [-0.15, -0.1) is 0 Å². The molecule has 0 radical (unpaired) electrons. The maximum absolute atomic E-state index is 11.8. The molecule has 6 nitrogen and oxygen atoms in total. The van der Waals surface area contributed by atoms with Crippen LogP contribution in [0, 0.1) is 0 Å². The molecule has 0 N–H and O–H groups in total. The Labute approximate surface area is 212 Å². The van der Waals surface area contributed by atoms with E-state index in [1.54, 1.807) is 12.1 Å². The van der Waals surface area contributed by atoms with Gasteiger partial charge in [0.2, 0.25) is 5.69 Å². The Bertz CT molecular complexity index is 1560. The van der Waals surface area contributed by atoms with Gasteiger partial charge in [0.1, 0.15) is 10.1 Å². The van der Waals surface area contributed by atoms with Crippen molar-refractivity contribution in [3.8, 4) is 0 Å². The first-order chi connectivity index (χ1) is 17.0.